The van der Waals surface area contributed by atoms with Gasteiger partial charge in [0.05, 0.1) is 16.7 Å². The van der Waals surface area contributed by atoms with Gasteiger partial charge in [-0.25, -0.2) is 4.39 Å². The van der Waals surface area contributed by atoms with Crippen molar-refractivity contribution in [3.8, 4) is 0 Å². The van der Waals surface area contributed by atoms with E-state index >= 15 is 0 Å². The van der Waals surface area contributed by atoms with Gasteiger partial charge in [-0.2, -0.15) is 26.3 Å². The van der Waals surface area contributed by atoms with Crippen LogP contribution in [0.1, 0.15) is 27.0 Å². The molecule has 4 nitrogen and oxygen atoms in total. The highest BCUT2D eigenvalue weighted by atomic mass is 32.1. The first-order valence-corrected chi connectivity index (χ1v) is 10.2. The lowest BCUT2D eigenvalue weighted by Crippen LogP contribution is -2.28. The Hall–Kier alpha value is -3.67. The number of thiocarbonyl (C=S) groups is 1. The van der Waals surface area contributed by atoms with Crippen molar-refractivity contribution in [1.29, 1.82) is 0 Å². The van der Waals surface area contributed by atoms with Gasteiger partial charge in [-0.1, -0.05) is 24.3 Å². The molecule has 12 heteroatoms. The number of halogens is 7. The lowest BCUT2D eigenvalue weighted by Gasteiger charge is -2.16. The van der Waals surface area contributed by atoms with Gasteiger partial charge in [-0.3, -0.25) is 4.79 Å². The Morgan fingerprint density at radius 1 is 0.771 bits per heavy atom. The summed E-state index contributed by atoms with van der Waals surface area (Å²) in [5.74, 6) is -1.31. The van der Waals surface area contributed by atoms with Crippen molar-refractivity contribution >= 4 is 34.6 Å². The number of hydrogen-bond donors (Lipinski definition) is 3. The predicted octanol–water partition coefficient (Wildman–Crippen LogP) is 6.60. The number of anilines is 2. The number of carbonyl (C=O) groups excluding carboxylic acids is 1. The van der Waals surface area contributed by atoms with E-state index in [-0.39, 0.29) is 23.3 Å². The Bertz CT molecular complexity index is 1190. The molecule has 35 heavy (non-hydrogen) atoms. The van der Waals surface area contributed by atoms with Crippen LogP contribution in [0, 0.1) is 5.82 Å². The molecule has 0 aliphatic heterocycles. The van der Waals surface area contributed by atoms with E-state index in [9.17, 15) is 35.5 Å². The minimum atomic E-state index is -4.98. The molecule has 0 unspecified atom stereocenters. The number of benzene rings is 3. The van der Waals surface area contributed by atoms with E-state index in [1.54, 1.807) is 12.1 Å². The lowest BCUT2D eigenvalue weighted by molar-refractivity contribution is -0.143. The van der Waals surface area contributed by atoms with E-state index < -0.39 is 40.9 Å². The summed E-state index contributed by atoms with van der Waals surface area (Å²) in [4.78, 5) is 12.2. The summed E-state index contributed by atoms with van der Waals surface area (Å²) in [6, 6.07) is 12.8. The minimum Gasteiger partial charge on any atom is -0.358 e. The van der Waals surface area contributed by atoms with Crippen LogP contribution in [0.15, 0.2) is 66.7 Å². The molecule has 0 radical (unpaired) electrons. The van der Waals surface area contributed by atoms with Gasteiger partial charge < -0.3 is 16.0 Å². The molecular weight excluding hydrogens is 499 g/mol. The highest BCUT2D eigenvalue weighted by Gasteiger charge is 2.37. The van der Waals surface area contributed by atoms with Crippen molar-refractivity contribution in [3.63, 3.8) is 0 Å². The average molecular weight is 515 g/mol. The predicted molar refractivity (Wildman–Crippen MR) is 120 cm³/mol. The molecule has 0 fully saturated rings. The molecule has 0 atom stereocenters. The van der Waals surface area contributed by atoms with Crippen molar-refractivity contribution < 1.29 is 35.5 Å². The zero-order chi connectivity index (χ0) is 25.8. The SMILES string of the molecule is O=C(Nc1ccc(CNC(=S)Nc2cc(C(F)(F)F)cc(C(F)(F)F)c2)cc1)c1ccccc1F. The first kappa shape index (κ1) is 25.9. The second-order valence-electron chi connectivity index (χ2n) is 7.23. The zero-order valence-electron chi connectivity index (χ0n) is 17.5. The average Bonchev–Trinajstić information content (AvgIpc) is 2.77. The van der Waals surface area contributed by atoms with Gasteiger partial charge in [0.25, 0.3) is 5.91 Å². The molecule has 0 aliphatic carbocycles. The quantitative estimate of drug-likeness (QED) is 0.265. The number of carbonyl (C=O) groups is 1. The van der Waals surface area contributed by atoms with Crippen molar-refractivity contribution in [1.82, 2.24) is 5.32 Å². The molecule has 0 bridgehead atoms. The van der Waals surface area contributed by atoms with E-state index in [4.69, 9.17) is 12.2 Å². The summed E-state index contributed by atoms with van der Waals surface area (Å²) in [6.07, 6.45) is -9.95. The van der Waals surface area contributed by atoms with Crippen molar-refractivity contribution in [2.45, 2.75) is 18.9 Å². The normalized spacial score (nSPS) is 11.6. The maximum atomic E-state index is 13.7. The van der Waals surface area contributed by atoms with Crippen LogP contribution in [0.5, 0.6) is 0 Å². The summed E-state index contributed by atoms with van der Waals surface area (Å²) in [5.41, 5.74) is -2.52. The molecule has 0 saturated heterocycles. The minimum absolute atomic E-state index is 0.0220. The van der Waals surface area contributed by atoms with Crippen molar-refractivity contribution in [2.75, 3.05) is 10.6 Å². The molecule has 3 rings (SSSR count). The second kappa shape index (κ2) is 10.3. The maximum Gasteiger partial charge on any atom is 0.416 e. The van der Waals surface area contributed by atoms with Crippen LogP contribution in [0.2, 0.25) is 0 Å². The molecule has 0 saturated carbocycles. The fraction of sp³-hybridized carbons (Fsp3) is 0.130. The monoisotopic (exact) mass is 515 g/mol. The zero-order valence-corrected chi connectivity index (χ0v) is 18.3. The van der Waals surface area contributed by atoms with Crippen LogP contribution in [-0.4, -0.2) is 11.0 Å². The summed E-state index contributed by atoms with van der Waals surface area (Å²) in [5, 5.41) is 7.34. The summed E-state index contributed by atoms with van der Waals surface area (Å²) in [7, 11) is 0. The number of alkyl halides is 6. The summed E-state index contributed by atoms with van der Waals surface area (Å²) in [6.45, 7) is 0.0818. The van der Waals surface area contributed by atoms with E-state index in [0.29, 0.717) is 23.4 Å². The third kappa shape index (κ3) is 7.15. The third-order valence-electron chi connectivity index (χ3n) is 4.63. The van der Waals surface area contributed by atoms with Gasteiger partial charge in [0.2, 0.25) is 0 Å². The number of nitrogens with one attached hydrogen (secondary N) is 3. The molecule has 0 spiro atoms. The third-order valence-corrected chi connectivity index (χ3v) is 4.88. The lowest BCUT2D eigenvalue weighted by atomic mass is 10.1. The van der Waals surface area contributed by atoms with E-state index in [1.807, 2.05) is 0 Å². The smallest absolute Gasteiger partial charge is 0.358 e. The fourth-order valence-electron chi connectivity index (χ4n) is 2.93. The van der Waals surface area contributed by atoms with Gasteiger partial charge in [-0.15, -0.1) is 0 Å². The second-order valence-corrected chi connectivity index (χ2v) is 7.64. The van der Waals surface area contributed by atoms with E-state index in [1.165, 1.54) is 30.3 Å². The Kier molecular flexibility index (Phi) is 7.64. The van der Waals surface area contributed by atoms with Crippen LogP contribution in [-0.2, 0) is 18.9 Å². The molecular formula is C23H16F7N3OS. The van der Waals surface area contributed by atoms with E-state index in [0.717, 1.165) is 6.07 Å². The van der Waals surface area contributed by atoms with Crippen molar-refractivity contribution in [3.05, 3.63) is 94.8 Å². The molecule has 3 aromatic rings. The highest BCUT2D eigenvalue weighted by molar-refractivity contribution is 7.80. The number of amides is 1. The molecule has 184 valence electrons. The first-order valence-electron chi connectivity index (χ1n) is 9.82. The molecule has 0 aromatic heterocycles. The largest absolute Gasteiger partial charge is 0.416 e. The first-order chi connectivity index (χ1) is 16.3. The Morgan fingerprint density at radius 3 is 1.89 bits per heavy atom. The Morgan fingerprint density at radius 2 is 1.34 bits per heavy atom. The molecule has 3 N–H and O–H groups in total. The standard InChI is InChI=1S/C23H16F7N3OS/c24-19-4-2-1-3-18(19)20(34)32-16-7-5-13(6-8-16)12-31-21(35)33-17-10-14(22(25,26)27)9-15(11-17)23(28,29)30/h1-11H,12H2,(H,32,34)(H2,31,33,35). The van der Waals surface area contributed by atoms with Crippen LogP contribution in [0.3, 0.4) is 0 Å². The van der Waals surface area contributed by atoms with Crippen LogP contribution < -0.4 is 16.0 Å². The number of rotatable bonds is 5. The maximum absolute atomic E-state index is 13.7. The van der Waals surface area contributed by atoms with E-state index in [2.05, 4.69) is 16.0 Å². The van der Waals surface area contributed by atoms with Crippen LogP contribution in [0.25, 0.3) is 0 Å². The van der Waals surface area contributed by atoms with Gasteiger partial charge in [0.15, 0.2) is 5.11 Å². The van der Waals surface area contributed by atoms with Crippen LogP contribution >= 0.6 is 12.2 Å². The van der Waals surface area contributed by atoms with Crippen LogP contribution in [0.4, 0.5) is 42.1 Å². The molecule has 0 heterocycles. The Balaban J connectivity index is 1.61. The topological polar surface area (TPSA) is 53.2 Å². The van der Waals surface area contributed by atoms with Gasteiger partial charge in [0.1, 0.15) is 5.82 Å². The van der Waals surface area contributed by atoms with Crippen molar-refractivity contribution in [2.24, 2.45) is 0 Å². The molecule has 0 aliphatic rings. The van der Waals surface area contributed by atoms with Gasteiger partial charge >= 0.3 is 12.4 Å². The van der Waals surface area contributed by atoms with Gasteiger partial charge in [0, 0.05) is 17.9 Å². The highest BCUT2D eigenvalue weighted by Crippen LogP contribution is 2.37. The molecule has 3 aromatic carbocycles. The summed E-state index contributed by atoms with van der Waals surface area (Å²) >= 11 is 4.98. The number of hydrogen-bond acceptors (Lipinski definition) is 2. The summed E-state index contributed by atoms with van der Waals surface area (Å²) < 4.78 is 91.6. The Labute approximate surface area is 200 Å². The molecule has 1 amide bonds. The fourth-order valence-corrected chi connectivity index (χ4v) is 3.12. The van der Waals surface area contributed by atoms with Gasteiger partial charge in [-0.05, 0) is 60.2 Å².